The zero-order valence-corrected chi connectivity index (χ0v) is 20.0. The molecule has 1 aliphatic heterocycles. The van der Waals surface area contributed by atoms with Crippen molar-refractivity contribution in [3.63, 3.8) is 0 Å². The summed E-state index contributed by atoms with van der Waals surface area (Å²) in [7, 11) is -2.12. The number of rotatable bonds is 7. The fourth-order valence-corrected chi connectivity index (χ4v) is 6.02. The molecule has 0 spiro atoms. The Balaban J connectivity index is 1.46. The first-order valence-corrected chi connectivity index (χ1v) is 12.9. The molecule has 6 nitrogen and oxygen atoms in total. The van der Waals surface area contributed by atoms with Crippen LogP contribution in [0.25, 0.3) is 0 Å². The van der Waals surface area contributed by atoms with E-state index in [0.29, 0.717) is 24.0 Å². The summed E-state index contributed by atoms with van der Waals surface area (Å²) in [5.41, 5.74) is 3.58. The van der Waals surface area contributed by atoms with Gasteiger partial charge in [0.25, 0.3) is 10.0 Å². The van der Waals surface area contributed by atoms with E-state index in [4.69, 9.17) is 9.47 Å². The van der Waals surface area contributed by atoms with Gasteiger partial charge in [0.2, 0.25) is 0 Å². The molecule has 0 fully saturated rings. The van der Waals surface area contributed by atoms with Gasteiger partial charge in [0, 0.05) is 11.6 Å². The van der Waals surface area contributed by atoms with Crippen LogP contribution in [0.5, 0.6) is 11.5 Å². The first-order valence-electron chi connectivity index (χ1n) is 11.5. The summed E-state index contributed by atoms with van der Waals surface area (Å²) >= 11 is 0. The highest BCUT2D eigenvalue weighted by Gasteiger charge is 2.38. The molecule has 0 aromatic heterocycles. The van der Waals surface area contributed by atoms with Gasteiger partial charge in [0.15, 0.2) is 0 Å². The lowest BCUT2D eigenvalue weighted by Crippen LogP contribution is -2.29. The van der Waals surface area contributed by atoms with E-state index in [1.807, 2.05) is 31.2 Å². The predicted molar refractivity (Wildman–Crippen MR) is 134 cm³/mol. The molecule has 0 saturated carbocycles. The molecule has 3 aromatic rings. The quantitative estimate of drug-likeness (QED) is 0.427. The highest BCUT2D eigenvalue weighted by Crippen LogP contribution is 2.50. The Morgan fingerprint density at radius 2 is 1.85 bits per heavy atom. The minimum Gasteiger partial charge on any atom is -0.497 e. The summed E-state index contributed by atoms with van der Waals surface area (Å²) < 4.78 is 40.1. The minimum atomic E-state index is -3.79. The SMILES string of the molecule is CCOc1ccccc1NS(=O)(=O)c1ccc2c(c1)[C@H]1C=CC[C@H]1[C@@H](c1ccc(OC)cc1)N2. The Morgan fingerprint density at radius 3 is 2.62 bits per heavy atom. The van der Waals surface area contributed by atoms with Gasteiger partial charge in [-0.25, -0.2) is 8.42 Å². The van der Waals surface area contributed by atoms with Crippen LogP contribution in [0.2, 0.25) is 0 Å². The zero-order valence-electron chi connectivity index (χ0n) is 19.2. The van der Waals surface area contributed by atoms with Gasteiger partial charge in [-0.1, -0.05) is 36.4 Å². The topological polar surface area (TPSA) is 76.7 Å². The van der Waals surface area contributed by atoms with Gasteiger partial charge in [0.05, 0.1) is 30.3 Å². The number of methoxy groups -OCH3 is 1. The summed E-state index contributed by atoms with van der Waals surface area (Å²) in [5, 5.41) is 3.66. The number of sulfonamides is 1. The number of fused-ring (bicyclic) bond motifs is 3. The second kappa shape index (κ2) is 9.06. The first-order chi connectivity index (χ1) is 16.5. The van der Waals surface area contributed by atoms with Crippen molar-refractivity contribution in [1.29, 1.82) is 0 Å². The van der Waals surface area contributed by atoms with Gasteiger partial charge in [0.1, 0.15) is 11.5 Å². The van der Waals surface area contributed by atoms with Crippen LogP contribution < -0.4 is 19.5 Å². The first kappa shape index (κ1) is 22.3. The molecular formula is C27H28N2O4S. The molecule has 0 radical (unpaired) electrons. The zero-order chi connectivity index (χ0) is 23.7. The molecule has 5 rings (SSSR count). The van der Waals surface area contributed by atoms with Crippen molar-refractivity contribution in [2.24, 2.45) is 5.92 Å². The lowest BCUT2D eigenvalue weighted by molar-refractivity contribution is 0.342. The van der Waals surface area contributed by atoms with Crippen molar-refractivity contribution in [2.75, 3.05) is 23.8 Å². The van der Waals surface area contributed by atoms with E-state index >= 15 is 0 Å². The number of ether oxygens (including phenoxy) is 2. The smallest absolute Gasteiger partial charge is 0.262 e. The van der Waals surface area contributed by atoms with Gasteiger partial charge < -0.3 is 14.8 Å². The Morgan fingerprint density at radius 1 is 1.06 bits per heavy atom. The predicted octanol–water partition coefficient (Wildman–Crippen LogP) is 5.72. The van der Waals surface area contributed by atoms with Crippen LogP contribution in [-0.4, -0.2) is 22.1 Å². The molecule has 0 unspecified atom stereocenters. The van der Waals surface area contributed by atoms with Crippen LogP contribution in [0.3, 0.4) is 0 Å². The standard InChI is InChI=1S/C27H28N2O4S/c1-3-33-26-10-5-4-9-25(26)29-34(30,31)20-15-16-24-23(17-20)21-7-6-8-22(21)27(28-24)18-11-13-19(32-2)14-12-18/h4-7,9-17,21-22,27-29H,3,8H2,1-2H3/t21-,22+,27+/m0/s1. The summed E-state index contributed by atoms with van der Waals surface area (Å²) in [5.74, 6) is 1.79. The maximum Gasteiger partial charge on any atom is 0.262 e. The Hall–Kier alpha value is -3.45. The molecule has 1 aliphatic carbocycles. The van der Waals surface area contributed by atoms with Gasteiger partial charge in [-0.3, -0.25) is 4.72 Å². The van der Waals surface area contributed by atoms with Crippen LogP contribution >= 0.6 is 0 Å². The number of benzene rings is 3. The normalized spacial score (nSPS) is 20.7. The van der Waals surface area contributed by atoms with Crippen LogP contribution in [-0.2, 0) is 10.0 Å². The molecule has 1 heterocycles. The molecular weight excluding hydrogens is 448 g/mol. The number of para-hydroxylation sites is 2. The summed E-state index contributed by atoms with van der Waals surface area (Å²) in [6, 6.07) is 20.7. The molecule has 7 heteroatoms. The lowest BCUT2D eigenvalue weighted by Gasteiger charge is -2.37. The molecule has 2 N–H and O–H groups in total. The van der Waals surface area contributed by atoms with E-state index in [1.54, 1.807) is 37.4 Å². The average Bonchev–Trinajstić information content (AvgIpc) is 3.35. The molecule has 3 atom stereocenters. The third kappa shape index (κ3) is 4.12. The summed E-state index contributed by atoms with van der Waals surface area (Å²) in [6.45, 7) is 2.32. The molecule has 2 aliphatic rings. The Bertz CT molecular complexity index is 1320. The van der Waals surface area contributed by atoms with Gasteiger partial charge in [-0.05, 0) is 72.9 Å². The highest BCUT2D eigenvalue weighted by molar-refractivity contribution is 7.92. The third-order valence-corrected chi connectivity index (χ3v) is 7.91. The van der Waals surface area contributed by atoms with Crippen LogP contribution in [0, 0.1) is 5.92 Å². The van der Waals surface area contributed by atoms with Crippen molar-refractivity contribution < 1.29 is 17.9 Å². The van der Waals surface area contributed by atoms with E-state index in [2.05, 4.69) is 34.3 Å². The van der Waals surface area contributed by atoms with Crippen LogP contribution in [0.4, 0.5) is 11.4 Å². The number of allylic oxidation sites excluding steroid dienone is 2. The Labute approximate surface area is 200 Å². The van der Waals surface area contributed by atoms with Crippen molar-refractivity contribution in [2.45, 2.75) is 30.2 Å². The van der Waals surface area contributed by atoms with Crippen molar-refractivity contribution in [3.8, 4) is 11.5 Å². The molecule has 0 amide bonds. The molecule has 3 aromatic carbocycles. The fraction of sp³-hybridized carbons (Fsp3) is 0.259. The molecule has 0 bridgehead atoms. The largest absolute Gasteiger partial charge is 0.497 e. The van der Waals surface area contributed by atoms with Gasteiger partial charge in [-0.2, -0.15) is 0 Å². The van der Waals surface area contributed by atoms with Crippen LogP contribution in [0.1, 0.15) is 36.4 Å². The number of nitrogens with one attached hydrogen (secondary N) is 2. The molecule has 0 saturated heterocycles. The number of hydrogen-bond acceptors (Lipinski definition) is 5. The second-order valence-electron chi connectivity index (χ2n) is 8.53. The van der Waals surface area contributed by atoms with Gasteiger partial charge in [-0.15, -0.1) is 0 Å². The van der Waals surface area contributed by atoms with E-state index in [9.17, 15) is 8.42 Å². The maximum atomic E-state index is 13.3. The van der Waals surface area contributed by atoms with E-state index < -0.39 is 10.0 Å². The lowest BCUT2D eigenvalue weighted by atomic mass is 9.77. The fourth-order valence-electron chi connectivity index (χ4n) is 4.92. The number of anilines is 2. The van der Waals surface area contributed by atoms with Crippen molar-refractivity contribution in [1.82, 2.24) is 0 Å². The van der Waals surface area contributed by atoms with Gasteiger partial charge >= 0.3 is 0 Å². The van der Waals surface area contributed by atoms with E-state index in [-0.39, 0.29) is 16.9 Å². The maximum absolute atomic E-state index is 13.3. The minimum absolute atomic E-state index is 0.136. The molecule has 34 heavy (non-hydrogen) atoms. The third-order valence-electron chi connectivity index (χ3n) is 6.55. The highest BCUT2D eigenvalue weighted by atomic mass is 32.2. The number of hydrogen-bond donors (Lipinski definition) is 2. The summed E-state index contributed by atoms with van der Waals surface area (Å²) in [4.78, 5) is 0.237. The monoisotopic (exact) mass is 476 g/mol. The van der Waals surface area contributed by atoms with E-state index in [0.717, 1.165) is 23.4 Å². The molecule has 176 valence electrons. The van der Waals surface area contributed by atoms with Crippen molar-refractivity contribution >= 4 is 21.4 Å². The Kier molecular flexibility index (Phi) is 5.96. The summed E-state index contributed by atoms with van der Waals surface area (Å²) in [6.07, 6.45) is 5.33. The van der Waals surface area contributed by atoms with Crippen LogP contribution in [0.15, 0.2) is 83.8 Å². The van der Waals surface area contributed by atoms with E-state index in [1.165, 1.54) is 5.56 Å². The van der Waals surface area contributed by atoms with Crippen molar-refractivity contribution in [3.05, 3.63) is 90.0 Å². The average molecular weight is 477 g/mol. The second-order valence-corrected chi connectivity index (χ2v) is 10.2.